The van der Waals surface area contributed by atoms with E-state index in [0.29, 0.717) is 18.0 Å². The Bertz CT molecular complexity index is 946. The summed E-state index contributed by atoms with van der Waals surface area (Å²) < 4.78 is 38.3. The number of halogens is 4. The quantitative estimate of drug-likeness (QED) is 0.391. The van der Waals surface area contributed by atoms with Crippen LogP contribution in [0.1, 0.15) is 47.8 Å². The van der Waals surface area contributed by atoms with Crippen LogP contribution in [0.25, 0.3) is 0 Å². The lowest BCUT2D eigenvalue weighted by Gasteiger charge is -2.17. The molecule has 0 aromatic heterocycles. The van der Waals surface area contributed by atoms with Gasteiger partial charge in [0.05, 0.1) is 11.7 Å². The lowest BCUT2D eigenvalue weighted by Crippen LogP contribution is -2.50. The average molecular weight is 468 g/mol. The van der Waals surface area contributed by atoms with Gasteiger partial charge in [0.1, 0.15) is 0 Å². The highest BCUT2D eigenvalue weighted by Gasteiger charge is 2.30. The maximum atomic E-state index is 12.8. The predicted molar refractivity (Wildman–Crippen MR) is 118 cm³/mol. The highest BCUT2D eigenvalue weighted by Crippen LogP contribution is 2.29. The Morgan fingerprint density at radius 2 is 1.78 bits per heavy atom. The third-order valence-electron chi connectivity index (χ3n) is 4.81. The summed E-state index contributed by atoms with van der Waals surface area (Å²) in [5, 5.41) is 6.48. The number of hydrazine groups is 1. The highest BCUT2D eigenvalue weighted by molar-refractivity contribution is 6.30. The van der Waals surface area contributed by atoms with Crippen molar-refractivity contribution in [3.8, 4) is 0 Å². The fourth-order valence-corrected chi connectivity index (χ4v) is 3.24. The molecule has 2 aromatic rings. The Hall–Kier alpha value is -2.62. The molecule has 1 aliphatic rings. The molecule has 1 saturated heterocycles. The van der Waals surface area contributed by atoms with E-state index in [1.54, 1.807) is 0 Å². The number of nitrogens with zero attached hydrogens (tertiary/aromatic N) is 1. The molecule has 2 aromatic carbocycles. The van der Waals surface area contributed by atoms with E-state index in [2.05, 4.69) is 26.5 Å². The summed E-state index contributed by atoms with van der Waals surface area (Å²) in [6, 6.07) is 11.6. The van der Waals surface area contributed by atoms with Gasteiger partial charge >= 0.3 is 6.18 Å². The molecule has 3 rings (SSSR count). The van der Waals surface area contributed by atoms with Crippen molar-refractivity contribution in [3.05, 3.63) is 70.2 Å². The van der Waals surface area contributed by atoms with Gasteiger partial charge in [0.2, 0.25) is 0 Å². The molecular weight excluding hydrogens is 443 g/mol. The summed E-state index contributed by atoms with van der Waals surface area (Å²) in [5.41, 5.74) is 6.66. The van der Waals surface area contributed by atoms with Crippen molar-refractivity contribution in [1.82, 2.24) is 21.5 Å². The Balaban J connectivity index is 1.65. The molecule has 0 spiro atoms. The fourth-order valence-electron chi connectivity index (χ4n) is 3.11. The second-order valence-corrected chi connectivity index (χ2v) is 8.37. The third-order valence-corrected chi connectivity index (χ3v) is 5.06. The second kappa shape index (κ2) is 10.3. The van der Waals surface area contributed by atoms with Crippen molar-refractivity contribution < 1.29 is 18.0 Å². The van der Waals surface area contributed by atoms with Gasteiger partial charge in [0.15, 0.2) is 5.96 Å². The van der Waals surface area contributed by atoms with Gasteiger partial charge in [-0.3, -0.25) is 15.1 Å². The van der Waals surface area contributed by atoms with E-state index >= 15 is 0 Å². The molecule has 1 aliphatic heterocycles. The van der Waals surface area contributed by atoms with Crippen molar-refractivity contribution in [1.29, 1.82) is 0 Å². The number of nitrogens with one attached hydrogen (secondary N) is 4. The van der Waals surface area contributed by atoms with Crippen LogP contribution in [-0.2, 0) is 6.18 Å². The number of carbonyl (C=O) groups is 1. The van der Waals surface area contributed by atoms with Crippen LogP contribution < -0.4 is 21.5 Å². The van der Waals surface area contributed by atoms with Crippen LogP contribution in [-0.4, -0.2) is 24.6 Å². The maximum absolute atomic E-state index is 12.8. The van der Waals surface area contributed by atoms with Crippen LogP contribution in [0.3, 0.4) is 0 Å². The molecule has 6 nitrogen and oxygen atoms in total. The van der Waals surface area contributed by atoms with Crippen molar-refractivity contribution in [2.45, 2.75) is 38.7 Å². The summed E-state index contributed by atoms with van der Waals surface area (Å²) in [4.78, 5) is 17.0. The molecule has 0 saturated carbocycles. The van der Waals surface area contributed by atoms with E-state index in [0.717, 1.165) is 29.8 Å². The van der Waals surface area contributed by atoms with E-state index in [1.807, 2.05) is 38.1 Å². The van der Waals surface area contributed by atoms with E-state index < -0.39 is 17.6 Å². The molecule has 32 heavy (non-hydrogen) atoms. The molecule has 2 unspecified atom stereocenters. The number of aliphatic imine (C=N–C) groups is 1. The number of carbonyl (C=O) groups excluding carboxylic acids is 1. The van der Waals surface area contributed by atoms with Gasteiger partial charge in [-0.25, -0.2) is 10.9 Å². The number of rotatable bonds is 5. The van der Waals surface area contributed by atoms with Gasteiger partial charge in [0, 0.05) is 29.6 Å². The number of benzene rings is 2. The number of amides is 1. The third kappa shape index (κ3) is 6.69. The average Bonchev–Trinajstić information content (AvgIpc) is 3.20. The van der Waals surface area contributed by atoms with Crippen LogP contribution in [0.4, 0.5) is 13.2 Å². The molecule has 2 atom stereocenters. The molecule has 1 amide bonds. The largest absolute Gasteiger partial charge is 0.416 e. The Labute approximate surface area is 189 Å². The zero-order valence-electron chi connectivity index (χ0n) is 17.6. The van der Waals surface area contributed by atoms with Gasteiger partial charge in [-0.15, -0.1) is 0 Å². The molecule has 0 radical (unpaired) electrons. The monoisotopic (exact) mass is 467 g/mol. The van der Waals surface area contributed by atoms with Gasteiger partial charge in [0.25, 0.3) is 5.91 Å². The Kier molecular flexibility index (Phi) is 7.76. The van der Waals surface area contributed by atoms with Gasteiger partial charge < -0.3 is 5.32 Å². The van der Waals surface area contributed by atoms with E-state index in [-0.39, 0.29) is 29.6 Å². The first-order chi connectivity index (χ1) is 15.1. The molecule has 0 aliphatic carbocycles. The molecule has 1 heterocycles. The van der Waals surface area contributed by atoms with Crippen LogP contribution in [0, 0.1) is 5.92 Å². The lowest BCUT2D eigenvalue weighted by atomic mass is 10.0. The topological polar surface area (TPSA) is 77.5 Å². The standard InChI is InChI=1S/C22H25ClF3N5O/c1-13(2)12-27-21(29-20(32)15-3-7-16(8-4-15)22(24,25)26)28-19-11-18(30-31-19)14-5-9-17(23)10-6-14/h3-10,13,18-19,30-31H,11-12H2,1-2H3,(H2,27,28,29,32). The van der Waals surface area contributed by atoms with Crippen molar-refractivity contribution >= 4 is 23.5 Å². The van der Waals surface area contributed by atoms with Gasteiger partial charge in [-0.1, -0.05) is 37.6 Å². The summed E-state index contributed by atoms with van der Waals surface area (Å²) in [7, 11) is 0. The van der Waals surface area contributed by atoms with Crippen LogP contribution in [0.2, 0.25) is 5.02 Å². The number of guanidine groups is 1. The van der Waals surface area contributed by atoms with E-state index in [9.17, 15) is 18.0 Å². The smallest absolute Gasteiger partial charge is 0.339 e. The number of alkyl halides is 3. The zero-order valence-corrected chi connectivity index (χ0v) is 18.4. The summed E-state index contributed by atoms with van der Waals surface area (Å²) in [6.45, 7) is 4.45. The minimum atomic E-state index is -4.46. The van der Waals surface area contributed by atoms with Gasteiger partial charge in [-0.2, -0.15) is 13.2 Å². The fraction of sp³-hybridized carbons (Fsp3) is 0.364. The highest BCUT2D eigenvalue weighted by atomic mass is 35.5. The lowest BCUT2D eigenvalue weighted by molar-refractivity contribution is -0.137. The maximum Gasteiger partial charge on any atom is 0.416 e. The van der Waals surface area contributed by atoms with Crippen molar-refractivity contribution in [2.24, 2.45) is 10.9 Å². The van der Waals surface area contributed by atoms with E-state index in [1.165, 1.54) is 0 Å². The second-order valence-electron chi connectivity index (χ2n) is 7.94. The molecular formula is C22H25ClF3N5O. The minimum Gasteiger partial charge on any atom is -0.339 e. The summed E-state index contributed by atoms with van der Waals surface area (Å²) in [6.07, 6.45) is -4.02. The first-order valence-corrected chi connectivity index (χ1v) is 10.6. The molecule has 4 N–H and O–H groups in total. The summed E-state index contributed by atoms with van der Waals surface area (Å²) in [5.74, 6) is -0.0418. The zero-order chi connectivity index (χ0) is 23.3. The Morgan fingerprint density at radius 3 is 2.38 bits per heavy atom. The predicted octanol–water partition coefficient (Wildman–Crippen LogP) is 4.26. The summed E-state index contributed by atoms with van der Waals surface area (Å²) >= 11 is 5.95. The van der Waals surface area contributed by atoms with Crippen LogP contribution >= 0.6 is 11.6 Å². The molecule has 0 bridgehead atoms. The van der Waals surface area contributed by atoms with Crippen LogP contribution in [0.5, 0.6) is 0 Å². The van der Waals surface area contributed by atoms with Gasteiger partial charge in [-0.05, 0) is 47.9 Å². The Morgan fingerprint density at radius 1 is 1.12 bits per heavy atom. The first-order valence-electron chi connectivity index (χ1n) is 10.2. The molecule has 1 fully saturated rings. The number of hydrogen-bond donors (Lipinski definition) is 4. The first kappa shape index (κ1) is 24.0. The van der Waals surface area contributed by atoms with Crippen molar-refractivity contribution in [2.75, 3.05) is 6.54 Å². The normalized spacial score (nSPS) is 19.3. The molecule has 172 valence electrons. The van der Waals surface area contributed by atoms with Crippen molar-refractivity contribution in [3.63, 3.8) is 0 Å². The minimum absolute atomic E-state index is 0.0294. The number of hydrogen-bond acceptors (Lipinski definition) is 4. The SMILES string of the molecule is CC(C)CN=C(NC(=O)c1ccc(C(F)(F)F)cc1)NC1CC(c2ccc(Cl)cc2)NN1. The van der Waals surface area contributed by atoms with E-state index in [4.69, 9.17) is 11.6 Å². The van der Waals surface area contributed by atoms with Crippen LogP contribution in [0.15, 0.2) is 53.5 Å². The molecule has 10 heteroatoms.